The van der Waals surface area contributed by atoms with Crippen LogP contribution < -0.4 is 11.1 Å². The van der Waals surface area contributed by atoms with Crippen molar-refractivity contribution in [2.24, 2.45) is 0 Å². The number of nitrogens with zero attached hydrogens (tertiary/aromatic N) is 2. The molecule has 2 aromatic heterocycles. The van der Waals surface area contributed by atoms with E-state index in [1.165, 1.54) is 11.3 Å². The van der Waals surface area contributed by atoms with Gasteiger partial charge in [0.25, 0.3) is 5.91 Å². The van der Waals surface area contributed by atoms with Gasteiger partial charge in [0.15, 0.2) is 0 Å². The molecule has 3 N–H and O–H groups in total. The molecule has 2 rings (SSSR count). The topological polar surface area (TPSA) is 80.9 Å². The Hall–Kier alpha value is -2.02. The van der Waals surface area contributed by atoms with Gasteiger partial charge in [0.2, 0.25) is 0 Å². The van der Waals surface area contributed by atoms with Crippen LogP contribution in [0.4, 0.5) is 10.2 Å². The number of hydrogen-bond donors (Lipinski definition) is 2. The van der Waals surface area contributed by atoms with Gasteiger partial charge in [-0.1, -0.05) is 6.92 Å². The molecule has 2 aromatic rings. The first kappa shape index (κ1) is 13.4. The zero-order valence-electron chi connectivity index (χ0n) is 10.3. The Bertz CT molecular complexity index is 573. The fraction of sp³-hybridized carbons (Fsp3) is 0.250. The zero-order valence-corrected chi connectivity index (χ0v) is 11.1. The predicted octanol–water partition coefficient (Wildman–Crippen LogP) is 2.14. The third kappa shape index (κ3) is 3.05. The summed E-state index contributed by atoms with van der Waals surface area (Å²) in [5.74, 6) is -1.04. The van der Waals surface area contributed by atoms with E-state index in [9.17, 15) is 9.18 Å². The standard InChI is InChI=1S/C12H13FN4OS/c1-2-9(12-15-3-4-19-12)17-11(18)8-5-7(13)6-16-10(8)14/h3-6,9H,2H2,1H3,(H2,14,16)(H,17,18). The summed E-state index contributed by atoms with van der Waals surface area (Å²) in [6.45, 7) is 1.93. The molecule has 0 spiro atoms. The zero-order chi connectivity index (χ0) is 13.8. The van der Waals surface area contributed by atoms with Crippen LogP contribution >= 0.6 is 11.3 Å². The van der Waals surface area contributed by atoms with E-state index in [2.05, 4.69) is 15.3 Å². The van der Waals surface area contributed by atoms with Gasteiger partial charge in [0.05, 0.1) is 17.8 Å². The molecular weight excluding hydrogens is 267 g/mol. The highest BCUT2D eigenvalue weighted by atomic mass is 32.1. The SMILES string of the molecule is CCC(NC(=O)c1cc(F)cnc1N)c1nccs1. The van der Waals surface area contributed by atoms with E-state index in [0.717, 1.165) is 17.3 Å². The van der Waals surface area contributed by atoms with Crippen LogP contribution in [0.15, 0.2) is 23.8 Å². The maximum absolute atomic E-state index is 13.1. The first-order chi connectivity index (χ1) is 9.11. The number of nitrogens with one attached hydrogen (secondary N) is 1. The molecule has 0 aliphatic carbocycles. The number of amides is 1. The fourth-order valence-electron chi connectivity index (χ4n) is 1.61. The van der Waals surface area contributed by atoms with Crippen molar-refractivity contribution < 1.29 is 9.18 Å². The average Bonchev–Trinajstić information content (AvgIpc) is 2.92. The number of carbonyl (C=O) groups excluding carboxylic acids is 1. The van der Waals surface area contributed by atoms with Crippen LogP contribution in [-0.2, 0) is 0 Å². The van der Waals surface area contributed by atoms with Crippen molar-refractivity contribution in [1.82, 2.24) is 15.3 Å². The molecular formula is C12H13FN4OS. The Morgan fingerprint density at radius 2 is 2.37 bits per heavy atom. The van der Waals surface area contributed by atoms with Crippen molar-refractivity contribution in [2.45, 2.75) is 19.4 Å². The molecule has 1 amide bonds. The molecule has 0 radical (unpaired) electrons. The lowest BCUT2D eigenvalue weighted by molar-refractivity contribution is 0.0935. The molecule has 0 aliphatic heterocycles. The molecule has 0 fully saturated rings. The lowest BCUT2D eigenvalue weighted by Crippen LogP contribution is -2.29. The van der Waals surface area contributed by atoms with Gasteiger partial charge in [-0.15, -0.1) is 11.3 Å². The van der Waals surface area contributed by atoms with Gasteiger partial charge in [0.1, 0.15) is 16.6 Å². The molecule has 1 atom stereocenters. The van der Waals surface area contributed by atoms with Crippen molar-refractivity contribution in [2.75, 3.05) is 5.73 Å². The summed E-state index contributed by atoms with van der Waals surface area (Å²) in [7, 11) is 0. The molecule has 7 heteroatoms. The Morgan fingerprint density at radius 1 is 1.58 bits per heavy atom. The Labute approximate surface area is 113 Å². The number of anilines is 1. The van der Waals surface area contributed by atoms with E-state index >= 15 is 0 Å². The van der Waals surface area contributed by atoms with Crippen molar-refractivity contribution in [3.63, 3.8) is 0 Å². The predicted molar refractivity (Wildman–Crippen MR) is 71.2 cm³/mol. The number of carbonyl (C=O) groups is 1. The van der Waals surface area contributed by atoms with Gasteiger partial charge in [0, 0.05) is 11.6 Å². The van der Waals surface area contributed by atoms with E-state index in [1.54, 1.807) is 6.20 Å². The molecule has 2 heterocycles. The van der Waals surface area contributed by atoms with Crippen LogP contribution in [0.1, 0.15) is 34.8 Å². The summed E-state index contributed by atoms with van der Waals surface area (Å²) in [4.78, 5) is 19.8. The number of nitrogens with two attached hydrogens (primary N) is 1. The van der Waals surface area contributed by atoms with Crippen LogP contribution in [0, 0.1) is 5.82 Å². The van der Waals surface area contributed by atoms with Crippen LogP contribution in [0.2, 0.25) is 0 Å². The Kier molecular flexibility index (Phi) is 4.06. The van der Waals surface area contributed by atoms with Gasteiger partial charge in [-0.25, -0.2) is 14.4 Å². The Morgan fingerprint density at radius 3 is 3.00 bits per heavy atom. The second-order valence-electron chi connectivity index (χ2n) is 3.89. The molecule has 0 saturated heterocycles. The molecule has 5 nitrogen and oxygen atoms in total. The quantitative estimate of drug-likeness (QED) is 0.899. The second kappa shape index (κ2) is 5.75. The molecule has 100 valence electrons. The minimum absolute atomic E-state index is 0.00731. The molecule has 0 aromatic carbocycles. The summed E-state index contributed by atoms with van der Waals surface area (Å²) >= 11 is 1.45. The number of aromatic nitrogens is 2. The number of thiazole rings is 1. The molecule has 0 bridgehead atoms. The summed E-state index contributed by atoms with van der Waals surface area (Å²) in [5.41, 5.74) is 5.61. The van der Waals surface area contributed by atoms with Crippen molar-refractivity contribution >= 4 is 23.1 Å². The molecule has 0 aliphatic rings. The minimum Gasteiger partial charge on any atom is -0.383 e. The lowest BCUT2D eigenvalue weighted by atomic mass is 10.2. The minimum atomic E-state index is -0.596. The first-order valence-corrected chi connectivity index (χ1v) is 6.61. The van der Waals surface area contributed by atoms with Crippen LogP contribution in [-0.4, -0.2) is 15.9 Å². The second-order valence-corrected chi connectivity index (χ2v) is 4.82. The first-order valence-electron chi connectivity index (χ1n) is 5.73. The summed E-state index contributed by atoms with van der Waals surface area (Å²) < 4.78 is 13.1. The van der Waals surface area contributed by atoms with Crippen LogP contribution in [0.5, 0.6) is 0 Å². The van der Waals surface area contributed by atoms with Gasteiger partial charge in [-0.3, -0.25) is 4.79 Å². The van der Waals surface area contributed by atoms with Gasteiger partial charge in [-0.05, 0) is 12.5 Å². The smallest absolute Gasteiger partial charge is 0.255 e. The third-order valence-corrected chi connectivity index (χ3v) is 3.48. The maximum atomic E-state index is 13.1. The van der Waals surface area contributed by atoms with E-state index in [-0.39, 0.29) is 17.4 Å². The van der Waals surface area contributed by atoms with E-state index in [4.69, 9.17) is 5.73 Å². The Balaban J connectivity index is 2.18. The number of rotatable bonds is 4. The van der Waals surface area contributed by atoms with Crippen molar-refractivity contribution in [3.05, 3.63) is 40.2 Å². The van der Waals surface area contributed by atoms with Crippen molar-refractivity contribution in [1.29, 1.82) is 0 Å². The van der Waals surface area contributed by atoms with Crippen LogP contribution in [0.25, 0.3) is 0 Å². The average molecular weight is 280 g/mol. The van der Waals surface area contributed by atoms with Gasteiger partial charge < -0.3 is 11.1 Å². The molecule has 1 unspecified atom stereocenters. The highest BCUT2D eigenvalue weighted by molar-refractivity contribution is 7.09. The monoisotopic (exact) mass is 280 g/mol. The summed E-state index contributed by atoms with van der Waals surface area (Å²) in [6.07, 6.45) is 3.33. The normalized spacial score (nSPS) is 12.1. The number of pyridine rings is 1. The third-order valence-electron chi connectivity index (χ3n) is 2.59. The van der Waals surface area contributed by atoms with E-state index in [0.29, 0.717) is 6.42 Å². The molecule has 0 saturated carbocycles. The van der Waals surface area contributed by atoms with Crippen molar-refractivity contribution in [3.8, 4) is 0 Å². The van der Waals surface area contributed by atoms with E-state index in [1.807, 2.05) is 12.3 Å². The number of hydrogen-bond acceptors (Lipinski definition) is 5. The van der Waals surface area contributed by atoms with Gasteiger partial charge >= 0.3 is 0 Å². The fourth-order valence-corrected chi connectivity index (χ4v) is 2.39. The largest absolute Gasteiger partial charge is 0.383 e. The number of nitrogen functional groups attached to an aromatic ring is 1. The molecule has 19 heavy (non-hydrogen) atoms. The van der Waals surface area contributed by atoms with Crippen LogP contribution in [0.3, 0.4) is 0 Å². The highest BCUT2D eigenvalue weighted by Gasteiger charge is 2.18. The van der Waals surface area contributed by atoms with Gasteiger partial charge in [-0.2, -0.15) is 0 Å². The summed E-state index contributed by atoms with van der Waals surface area (Å²) in [5, 5.41) is 5.42. The summed E-state index contributed by atoms with van der Waals surface area (Å²) in [6, 6.07) is 0.863. The number of halogens is 1. The van der Waals surface area contributed by atoms with E-state index < -0.39 is 11.7 Å². The highest BCUT2D eigenvalue weighted by Crippen LogP contribution is 2.20. The maximum Gasteiger partial charge on any atom is 0.255 e. The lowest BCUT2D eigenvalue weighted by Gasteiger charge is -2.15.